The van der Waals surface area contributed by atoms with Crippen LogP contribution in [-0.2, 0) is 13.5 Å². The summed E-state index contributed by atoms with van der Waals surface area (Å²) < 4.78 is 2.03. The first-order chi connectivity index (χ1) is 7.67. The summed E-state index contributed by atoms with van der Waals surface area (Å²) in [7, 11) is 1.99. The predicted octanol–water partition coefficient (Wildman–Crippen LogP) is 1.73. The Hall–Kier alpha value is -1.32. The molecule has 0 aliphatic heterocycles. The molecule has 0 saturated heterocycles. The number of aliphatic hydroxyl groups is 1. The largest absolute Gasteiger partial charge is 0.387 e. The van der Waals surface area contributed by atoms with E-state index in [1.165, 1.54) is 5.56 Å². The van der Waals surface area contributed by atoms with Gasteiger partial charge in [0.05, 0.1) is 6.10 Å². The number of aromatic nitrogens is 1. The van der Waals surface area contributed by atoms with Crippen molar-refractivity contribution in [2.45, 2.75) is 19.4 Å². The third-order valence-corrected chi connectivity index (χ3v) is 3.08. The van der Waals surface area contributed by atoms with E-state index in [0.717, 1.165) is 22.9 Å². The van der Waals surface area contributed by atoms with Gasteiger partial charge in [0.25, 0.3) is 0 Å². The third kappa shape index (κ3) is 1.72. The summed E-state index contributed by atoms with van der Waals surface area (Å²) >= 11 is 0. The Morgan fingerprint density at radius 1 is 1.44 bits per heavy atom. The summed E-state index contributed by atoms with van der Waals surface area (Å²) in [6, 6.07) is 6.37. The minimum Gasteiger partial charge on any atom is -0.387 e. The van der Waals surface area contributed by atoms with E-state index in [4.69, 9.17) is 5.73 Å². The highest BCUT2D eigenvalue weighted by Crippen LogP contribution is 2.26. The van der Waals surface area contributed by atoms with E-state index < -0.39 is 6.10 Å². The summed E-state index contributed by atoms with van der Waals surface area (Å²) in [4.78, 5) is 0. The smallest absolute Gasteiger partial charge is 0.0932 e. The minimum atomic E-state index is -0.573. The van der Waals surface area contributed by atoms with Crippen LogP contribution >= 0.6 is 0 Å². The van der Waals surface area contributed by atoms with Crippen molar-refractivity contribution in [1.82, 2.24) is 4.57 Å². The number of hydrogen-bond donors (Lipinski definition) is 2. The van der Waals surface area contributed by atoms with Crippen LogP contribution in [-0.4, -0.2) is 16.2 Å². The van der Waals surface area contributed by atoms with Crippen molar-refractivity contribution in [2.75, 3.05) is 6.54 Å². The molecule has 2 aromatic rings. The summed E-state index contributed by atoms with van der Waals surface area (Å²) in [6.45, 7) is 2.39. The van der Waals surface area contributed by atoms with Gasteiger partial charge in [-0.3, -0.25) is 0 Å². The fourth-order valence-electron chi connectivity index (χ4n) is 2.08. The van der Waals surface area contributed by atoms with Crippen molar-refractivity contribution < 1.29 is 5.11 Å². The molecule has 0 aliphatic carbocycles. The lowest BCUT2D eigenvalue weighted by molar-refractivity contribution is 0.188. The summed E-state index contributed by atoms with van der Waals surface area (Å²) in [5.41, 5.74) is 8.86. The Balaban J connectivity index is 2.65. The second-order valence-corrected chi connectivity index (χ2v) is 4.15. The molecule has 16 heavy (non-hydrogen) atoms. The van der Waals surface area contributed by atoms with Crippen LogP contribution in [0.1, 0.15) is 24.2 Å². The molecule has 3 nitrogen and oxygen atoms in total. The molecule has 0 saturated carbocycles. The summed E-state index contributed by atoms with van der Waals surface area (Å²) in [5.74, 6) is 0. The molecular weight excluding hydrogens is 200 g/mol. The molecule has 1 aromatic carbocycles. The van der Waals surface area contributed by atoms with Crippen LogP contribution < -0.4 is 5.73 Å². The first kappa shape index (κ1) is 11.2. The molecular formula is C13H18N2O. The number of aliphatic hydroxyl groups excluding tert-OH is 1. The van der Waals surface area contributed by atoms with Gasteiger partial charge in [-0.15, -0.1) is 0 Å². The number of hydrogen-bond acceptors (Lipinski definition) is 2. The van der Waals surface area contributed by atoms with Crippen molar-refractivity contribution in [3.05, 3.63) is 35.5 Å². The van der Waals surface area contributed by atoms with Gasteiger partial charge in [-0.1, -0.05) is 13.0 Å². The molecule has 1 aromatic heterocycles. The number of benzene rings is 1. The van der Waals surface area contributed by atoms with E-state index in [-0.39, 0.29) is 6.54 Å². The van der Waals surface area contributed by atoms with Crippen LogP contribution in [0, 0.1) is 0 Å². The highest BCUT2D eigenvalue weighted by atomic mass is 16.3. The zero-order chi connectivity index (χ0) is 11.7. The van der Waals surface area contributed by atoms with Gasteiger partial charge in [-0.2, -0.15) is 0 Å². The molecule has 1 atom stereocenters. The summed E-state index contributed by atoms with van der Waals surface area (Å²) in [6.07, 6.45) is 2.39. The Kier molecular flexibility index (Phi) is 2.99. The number of aryl methyl sites for hydroxylation is 2. The normalized spacial score (nSPS) is 13.2. The highest BCUT2D eigenvalue weighted by Gasteiger charge is 2.13. The molecule has 2 rings (SSSR count). The van der Waals surface area contributed by atoms with Gasteiger partial charge in [0.15, 0.2) is 0 Å². The van der Waals surface area contributed by atoms with Crippen LogP contribution in [0.25, 0.3) is 10.9 Å². The van der Waals surface area contributed by atoms with Gasteiger partial charge in [0.1, 0.15) is 0 Å². The highest BCUT2D eigenvalue weighted by molar-refractivity contribution is 5.85. The Morgan fingerprint density at radius 2 is 2.19 bits per heavy atom. The van der Waals surface area contributed by atoms with E-state index in [1.54, 1.807) is 0 Å². The lowest BCUT2D eigenvalue weighted by atomic mass is 10.0. The number of fused-ring (bicyclic) bond motifs is 1. The fourth-order valence-corrected chi connectivity index (χ4v) is 2.08. The van der Waals surface area contributed by atoms with Crippen LogP contribution in [0.4, 0.5) is 0 Å². The molecule has 0 amide bonds. The van der Waals surface area contributed by atoms with Gasteiger partial charge in [0, 0.05) is 36.3 Å². The van der Waals surface area contributed by atoms with Crippen LogP contribution in [0.5, 0.6) is 0 Å². The maximum atomic E-state index is 9.87. The Morgan fingerprint density at radius 3 is 2.81 bits per heavy atom. The first-order valence-corrected chi connectivity index (χ1v) is 5.63. The van der Waals surface area contributed by atoms with E-state index in [9.17, 15) is 5.11 Å². The number of nitrogens with zero attached hydrogens (tertiary/aromatic N) is 1. The number of nitrogens with two attached hydrogens (primary N) is 1. The molecule has 3 N–H and O–H groups in total. The average Bonchev–Trinajstić information content (AvgIpc) is 2.65. The third-order valence-electron chi connectivity index (χ3n) is 3.08. The van der Waals surface area contributed by atoms with Crippen molar-refractivity contribution in [3.63, 3.8) is 0 Å². The Labute approximate surface area is 95.5 Å². The van der Waals surface area contributed by atoms with Gasteiger partial charge in [0.2, 0.25) is 0 Å². The van der Waals surface area contributed by atoms with Crippen molar-refractivity contribution in [1.29, 1.82) is 0 Å². The van der Waals surface area contributed by atoms with Gasteiger partial charge in [-0.05, 0) is 24.1 Å². The van der Waals surface area contributed by atoms with E-state index in [1.807, 2.05) is 17.8 Å². The van der Waals surface area contributed by atoms with Gasteiger partial charge >= 0.3 is 0 Å². The zero-order valence-corrected chi connectivity index (χ0v) is 9.77. The second kappa shape index (κ2) is 4.28. The van der Waals surface area contributed by atoms with Crippen LogP contribution in [0.2, 0.25) is 0 Å². The molecule has 86 valence electrons. The summed E-state index contributed by atoms with van der Waals surface area (Å²) in [5, 5.41) is 11.0. The van der Waals surface area contributed by atoms with Crippen molar-refractivity contribution in [3.8, 4) is 0 Å². The lowest BCUT2D eigenvalue weighted by Crippen LogP contribution is -2.11. The standard InChI is InChI=1S/C13H18N2O/c1-3-9-4-5-12-10(6-9)11(8-15(12)2)13(16)7-14/h4-6,8,13,16H,3,7,14H2,1-2H3. The molecule has 1 unspecified atom stereocenters. The van der Waals surface area contributed by atoms with Gasteiger partial charge < -0.3 is 15.4 Å². The van der Waals surface area contributed by atoms with E-state index in [0.29, 0.717) is 0 Å². The fraction of sp³-hybridized carbons (Fsp3) is 0.385. The molecule has 1 heterocycles. The SMILES string of the molecule is CCc1ccc2c(c1)c(C(O)CN)cn2C. The van der Waals surface area contributed by atoms with E-state index in [2.05, 4.69) is 25.1 Å². The van der Waals surface area contributed by atoms with Gasteiger partial charge in [-0.25, -0.2) is 0 Å². The number of rotatable bonds is 3. The molecule has 0 fully saturated rings. The average molecular weight is 218 g/mol. The maximum Gasteiger partial charge on any atom is 0.0932 e. The molecule has 3 heteroatoms. The van der Waals surface area contributed by atoms with Crippen molar-refractivity contribution >= 4 is 10.9 Å². The molecule has 0 radical (unpaired) electrons. The Bertz CT molecular complexity index is 502. The van der Waals surface area contributed by atoms with Crippen LogP contribution in [0.15, 0.2) is 24.4 Å². The van der Waals surface area contributed by atoms with E-state index >= 15 is 0 Å². The quantitative estimate of drug-likeness (QED) is 0.824. The zero-order valence-electron chi connectivity index (χ0n) is 9.77. The monoisotopic (exact) mass is 218 g/mol. The minimum absolute atomic E-state index is 0.259. The second-order valence-electron chi connectivity index (χ2n) is 4.15. The van der Waals surface area contributed by atoms with Crippen LogP contribution in [0.3, 0.4) is 0 Å². The predicted molar refractivity (Wildman–Crippen MR) is 66.3 cm³/mol. The topological polar surface area (TPSA) is 51.2 Å². The van der Waals surface area contributed by atoms with Crippen molar-refractivity contribution in [2.24, 2.45) is 12.8 Å². The molecule has 0 aliphatic rings. The lowest BCUT2D eigenvalue weighted by Gasteiger charge is -2.06. The molecule has 0 spiro atoms. The molecule has 0 bridgehead atoms. The maximum absolute atomic E-state index is 9.87. The first-order valence-electron chi connectivity index (χ1n) is 5.63.